The van der Waals surface area contributed by atoms with Crippen LogP contribution >= 0.6 is 11.3 Å². The first-order valence-electron chi connectivity index (χ1n) is 7.16. The van der Waals surface area contributed by atoms with E-state index in [4.69, 9.17) is 9.72 Å². The van der Waals surface area contributed by atoms with Gasteiger partial charge in [-0.15, -0.1) is 11.3 Å². The SMILES string of the molecule is CCOC(=O)Cc1csc2nc3c(n12)CCCC3(C)C. The van der Waals surface area contributed by atoms with E-state index in [9.17, 15) is 4.79 Å². The van der Waals surface area contributed by atoms with Crippen molar-refractivity contribution in [2.45, 2.75) is 51.9 Å². The van der Waals surface area contributed by atoms with Crippen molar-refractivity contribution in [3.8, 4) is 0 Å². The van der Waals surface area contributed by atoms with E-state index in [1.807, 2.05) is 12.3 Å². The van der Waals surface area contributed by atoms with Crippen LogP contribution in [0.3, 0.4) is 0 Å². The predicted molar refractivity (Wildman–Crippen MR) is 79.4 cm³/mol. The number of imidazole rings is 1. The summed E-state index contributed by atoms with van der Waals surface area (Å²) < 4.78 is 7.24. The van der Waals surface area contributed by atoms with Crippen molar-refractivity contribution >= 4 is 22.3 Å². The van der Waals surface area contributed by atoms with E-state index in [1.54, 1.807) is 11.3 Å². The number of ether oxygens (including phenoxy) is 1. The molecule has 0 saturated heterocycles. The molecule has 2 aromatic heterocycles. The van der Waals surface area contributed by atoms with Gasteiger partial charge in [0.25, 0.3) is 0 Å². The van der Waals surface area contributed by atoms with Crippen LogP contribution < -0.4 is 0 Å². The zero-order valence-electron chi connectivity index (χ0n) is 12.2. The number of fused-ring (bicyclic) bond motifs is 3. The van der Waals surface area contributed by atoms with Gasteiger partial charge in [0.2, 0.25) is 0 Å². The molecule has 2 aromatic rings. The first-order valence-corrected chi connectivity index (χ1v) is 8.04. The van der Waals surface area contributed by atoms with Crippen LogP contribution in [0, 0.1) is 0 Å². The van der Waals surface area contributed by atoms with Crippen molar-refractivity contribution in [1.82, 2.24) is 9.38 Å². The van der Waals surface area contributed by atoms with Gasteiger partial charge in [-0.05, 0) is 26.2 Å². The Kier molecular flexibility index (Phi) is 3.32. The molecule has 0 radical (unpaired) electrons. The van der Waals surface area contributed by atoms with Gasteiger partial charge in [0.05, 0.1) is 18.7 Å². The number of esters is 1. The number of rotatable bonds is 3. The maximum atomic E-state index is 11.7. The average molecular weight is 292 g/mol. The minimum absolute atomic E-state index is 0.139. The summed E-state index contributed by atoms with van der Waals surface area (Å²) >= 11 is 1.61. The van der Waals surface area contributed by atoms with Crippen LogP contribution in [-0.2, 0) is 27.8 Å². The van der Waals surface area contributed by atoms with E-state index in [1.165, 1.54) is 24.2 Å². The lowest BCUT2D eigenvalue weighted by Crippen LogP contribution is -2.24. The van der Waals surface area contributed by atoms with Crippen LogP contribution in [0.15, 0.2) is 5.38 Å². The Morgan fingerprint density at radius 3 is 3.10 bits per heavy atom. The molecule has 3 rings (SSSR count). The number of hydrogen-bond donors (Lipinski definition) is 0. The smallest absolute Gasteiger partial charge is 0.311 e. The Morgan fingerprint density at radius 1 is 1.55 bits per heavy atom. The van der Waals surface area contributed by atoms with Crippen molar-refractivity contribution in [3.05, 3.63) is 22.5 Å². The molecule has 0 saturated carbocycles. The van der Waals surface area contributed by atoms with Gasteiger partial charge >= 0.3 is 5.97 Å². The van der Waals surface area contributed by atoms with E-state index < -0.39 is 0 Å². The van der Waals surface area contributed by atoms with E-state index in [2.05, 4.69) is 18.2 Å². The molecule has 4 nitrogen and oxygen atoms in total. The highest BCUT2D eigenvalue weighted by Gasteiger charge is 2.32. The van der Waals surface area contributed by atoms with Gasteiger partial charge in [0.15, 0.2) is 4.96 Å². The van der Waals surface area contributed by atoms with E-state index in [-0.39, 0.29) is 11.4 Å². The zero-order chi connectivity index (χ0) is 14.3. The summed E-state index contributed by atoms with van der Waals surface area (Å²) in [5.41, 5.74) is 3.65. The quantitative estimate of drug-likeness (QED) is 0.816. The molecule has 0 atom stereocenters. The van der Waals surface area contributed by atoms with Crippen molar-refractivity contribution in [2.24, 2.45) is 0 Å². The lowest BCUT2D eigenvalue weighted by Gasteiger charge is -2.28. The Hall–Kier alpha value is -1.36. The molecule has 20 heavy (non-hydrogen) atoms. The van der Waals surface area contributed by atoms with Crippen LogP contribution in [0.4, 0.5) is 0 Å². The zero-order valence-corrected chi connectivity index (χ0v) is 13.0. The van der Waals surface area contributed by atoms with Crippen LogP contribution in [0.5, 0.6) is 0 Å². The van der Waals surface area contributed by atoms with Gasteiger partial charge in [0, 0.05) is 22.2 Å². The maximum absolute atomic E-state index is 11.7. The van der Waals surface area contributed by atoms with Gasteiger partial charge in [-0.1, -0.05) is 13.8 Å². The Morgan fingerprint density at radius 2 is 2.35 bits per heavy atom. The lowest BCUT2D eigenvalue weighted by atomic mass is 9.78. The number of nitrogens with zero attached hydrogens (tertiary/aromatic N) is 2. The minimum Gasteiger partial charge on any atom is -0.466 e. The molecular formula is C15H20N2O2S. The highest BCUT2D eigenvalue weighted by atomic mass is 32.1. The number of hydrogen-bond acceptors (Lipinski definition) is 4. The molecule has 5 heteroatoms. The third-order valence-corrected chi connectivity index (χ3v) is 4.89. The van der Waals surface area contributed by atoms with E-state index >= 15 is 0 Å². The second-order valence-electron chi connectivity index (χ2n) is 5.97. The standard InChI is InChI=1S/C15H20N2O2S/c1-4-19-12(18)8-10-9-20-14-16-13-11(17(10)14)6-5-7-15(13,2)3/h9H,4-8H2,1-3H3. The monoisotopic (exact) mass is 292 g/mol. The second kappa shape index (κ2) is 4.88. The van der Waals surface area contributed by atoms with Crippen molar-refractivity contribution in [3.63, 3.8) is 0 Å². The highest BCUT2D eigenvalue weighted by Crippen LogP contribution is 2.38. The van der Waals surface area contributed by atoms with E-state index in [0.29, 0.717) is 13.0 Å². The third-order valence-electron chi connectivity index (χ3n) is 4.02. The Bertz CT molecular complexity index is 654. The maximum Gasteiger partial charge on any atom is 0.311 e. The van der Waals surface area contributed by atoms with Crippen LogP contribution in [0.2, 0.25) is 0 Å². The number of aryl methyl sites for hydroxylation is 1. The molecule has 1 aliphatic rings. The predicted octanol–water partition coefficient (Wildman–Crippen LogP) is 3.12. The number of carbonyl (C=O) groups excluding carboxylic acids is 1. The first kappa shape index (κ1) is 13.6. The molecule has 0 aromatic carbocycles. The lowest BCUT2D eigenvalue weighted by molar-refractivity contribution is -0.142. The summed E-state index contributed by atoms with van der Waals surface area (Å²) in [7, 11) is 0. The summed E-state index contributed by atoms with van der Waals surface area (Å²) in [6, 6.07) is 0. The van der Waals surface area contributed by atoms with Gasteiger partial charge in [-0.3, -0.25) is 9.20 Å². The number of carbonyl (C=O) groups is 1. The van der Waals surface area contributed by atoms with Gasteiger partial charge in [0.1, 0.15) is 0 Å². The molecule has 0 bridgehead atoms. The Labute approximate surface area is 122 Å². The van der Waals surface area contributed by atoms with Crippen LogP contribution in [0.25, 0.3) is 4.96 Å². The summed E-state index contributed by atoms with van der Waals surface area (Å²) in [6.45, 7) is 6.78. The molecule has 2 heterocycles. The molecule has 0 amide bonds. The molecule has 0 N–H and O–H groups in total. The summed E-state index contributed by atoms with van der Waals surface area (Å²) in [5, 5.41) is 2.03. The number of aromatic nitrogens is 2. The van der Waals surface area contributed by atoms with Gasteiger partial charge in [-0.2, -0.15) is 0 Å². The fourth-order valence-electron chi connectivity index (χ4n) is 3.05. The van der Waals surface area contributed by atoms with Crippen LogP contribution in [0.1, 0.15) is 50.7 Å². The fourth-order valence-corrected chi connectivity index (χ4v) is 3.96. The molecule has 0 unspecified atom stereocenters. The highest BCUT2D eigenvalue weighted by molar-refractivity contribution is 7.15. The van der Waals surface area contributed by atoms with Crippen molar-refractivity contribution in [1.29, 1.82) is 0 Å². The first-order chi connectivity index (χ1) is 9.53. The molecule has 0 spiro atoms. The van der Waals surface area contributed by atoms with Gasteiger partial charge in [-0.25, -0.2) is 4.98 Å². The second-order valence-corrected chi connectivity index (χ2v) is 6.81. The molecular weight excluding hydrogens is 272 g/mol. The molecule has 0 fully saturated rings. The van der Waals surface area contributed by atoms with Crippen molar-refractivity contribution in [2.75, 3.05) is 6.61 Å². The topological polar surface area (TPSA) is 43.6 Å². The normalized spacial score (nSPS) is 17.1. The van der Waals surface area contributed by atoms with Crippen molar-refractivity contribution < 1.29 is 9.53 Å². The molecule has 108 valence electrons. The van der Waals surface area contributed by atoms with E-state index in [0.717, 1.165) is 17.1 Å². The summed E-state index contributed by atoms with van der Waals surface area (Å²) in [4.78, 5) is 17.5. The fraction of sp³-hybridized carbons (Fsp3) is 0.600. The minimum atomic E-state index is -0.162. The number of thiazole rings is 1. The molecule has 0 aliphatic heterocycles. The third kappa shape index (κ3) is 2.14. The average Bonchev–Trinajstić information content (AvgIpc) is 2.91. The summed E-state index contributed by atoms with van der Waals surface area (Å²) in [6.07, 6.45) is 3.74. The van der Waals surface area contributed by atoms with Crippen LogP contribution in [-0.4, -0.2) is 22.0 Å². The van der Waals surface area contributed by atoms with Gasteiger partial charge < -0.3 is 4.74 Å². The Balaban J connectivity index is 2.04. The largest absolute Gasteiger partial charge is 0.466 e. The summed E-state index contributed by atoms with van der Waals surface area (Å²) in [5.74, 6) is -0.162. The molecule has 1 aliphatic carbocycles.